The summed E-state index contributed by atoms with van der Waals surface area (Å²) in [5.74, 6) is 1.37. The van der Waals surface area contributed by atoms with Gasteiger partial charge in [-0.3, -0.25) is 4.79 Å². The molecule has 2 N–H and O–H groups in total. The summed E-state index contributed by atoms with van der Waals surface area (Å²) < 4.78 is 0. The summed E-state index contributed by atoms with van der Waals surface area (Å²) in [5, 5.41) is 8.07. The minimum Gasteiger partial charge on any atom is -0.363 e. The summed E-state index contributed by atoms with van der Waals surface area (Å²) in [7, 11) is 3.89. The van der Waals surface area contributed by atoms with Gasteiger partial charge < -0.3 is 15.5 Å². The van der Waals surface area contributed by atoms with E-state index in [0.717, 1.165) is 27.8 Å². The SMILES string of the molecule is Cc1cc(N(C)C)nc(Nc2ccc(NC(=O)Cc3cccs3)cc2)n1. The van der Waals surface area contributed by atoms with E-state index in [1.54, 1.807) is 11.3 Å². The molecule has 0 fully saturated rings. The van der Waals surface area contributed by atoms with Gasteiger partial charge in [-0.15, -0.1) is 11.3 Å². The van der Waals surface area contributed by atoms with Crippen molar-refractivity contribution in [2.45, 2.75) is 13.3 Å². The van der Waals surface area contributed by atoms with Crippen LogP contribution < -0.4 is 15.5 Å². The van der Waals surface area contributed by atoms with Crippen molar-refractivity contribution in [3.63, 3.8) is 0 Å². The molecule has 3 rings (SSSR count). The average Bonchev–Trinajstić information content (AvgIpc) is 3.09. The van der Waals surface area contributed by atoms with E-state index in [-0.39, 0.29) is 5.91 Å². The molecule has 1 aromatic carbocycles. The van der Waals surface area contributed by atoms with Crippen molar-refractivity contribution in [1.82, 2.24) is 9.97 Å². The quantitative estimate of drug-likeness (QED) is 0.693. The molecule has 0 saturated carbocycles. The molecule has 1 amide bonds. The molecule has 0 aliphatic rings. The predicted octanol–water partition coefficient (Wildman–Crippen LogP) is 3.84. The van der Waals surface area contributed by atoms with Gasteiger partial charge in [-0.2, -0.15) is 4.98 Å². The van der Waals surface area contributed by atoms with Crippen molar-refractivity contribution in [1.29, 1.82) is 0 Å². The minimum atomic E-state index is -0.0224. The van der Waals surface area contributed by atoms with E-state index in [1.807, 2.05) is 73.8 Å². The number of hydrogen-bond donors (Lipinski definition) is 2. The van der Waals surface area contributed by atoms with Gasteiger partial charge in [0.2, 0.25) is 11.9 Å². The van der Waals surface area contributed by atoms with Crippen LogP contribution in [0.15, 0.2) is 47.8 Å². The number of benzene rings is 1. The van der Waals surface area contributed by atoms with Gasteiger partial charge in [-0.1, -0.05) is 6.07 Å². The third kappa shape index (κ3) is 4.80. The number of aromatic nitrogens is 2. The van der Waals surface area contributed by atoms with Crippen LogP contribution >= 0.6 is 11.3 Å². The van der Waals surface area contributed by atoms with Crippen molar-refractivity contribution in [2.75, 3.05) is 29.6 Å². The molecule has 2 aromatic heterocycles. The lowest BCUT2D eigenvalue weighted by Crippen LogP contribution is -2.13. The molecular weight excluding hydrogens is 346 g/mol. The first-order chi connectivity index (χ1) is 12.5. The Morgan fingerprint density at radius 3 is 2.50 bits per heavy atom. The number of thiophene rings is 1. The van der Waals surface area contributed by atoms with E-state index in [9.17, 15) is 4.79 Å². The van der Waals surface area contributed by atoms with Crippen molar-refractivity contribution in [2.24, 2.45) is 0 Å². The number of carbonyl (C=O) groups is 1. The molecule has 0 aliphatic heterocycles. The molecule has 0 spiro atoms. The molecule has 0 aliphatic carbocycles. The first-order valence-corrected chi connectivity index (χ1v) is 9.10. The van der Waals surface area contributed by atoms with E-state index >= 15 is 0 Å². The Bertz CT molecular complexity index is 875. The fourth-order valence-corrected chi connectivity index (χ4v) is 3.08. The number of aryl methyl sites for hydroxylation is 1. The van der Waals surface area contributed by atoms with Gasteiger partial charge in [0.05, 0.1) is 6.42 Å². The maximum Gasteiger partial charge on any atom is 0.229 e. The van der Waals surface area contributed by atoms with Gasteiger partial charge in [0, 0.05) is 42.1 Å². The predicted molar refractivity (Wildman–Crippen MR) is 107 cm³/mol. The molecule has 0 unspecified atom stereocenters. The molecule has 26 heavy (non-hydrogen) atoms. The van der Waals surface area contributed by atoms with Crippen LogP contribution in [0.1, 0.15) is 10.6 Å². The van der Waals surface area contributed by atoms with Crippen molar-refractivity contribution in [3.8, 4) is 0 Å². The highest BCUT2D eigenvalue weighted by atomic mass is 32.1. The fraction of sp³-hybridized carbons (Fsp3) is 0.211. The zero-order valence-corrected chi connectivity index (χ0v) is 15.8. The van der Waals surface area contributed by atoms with Crippen LogP contribution in [0.2, 0.25) is 0 Å². The summed E-state index contributed by atoms with van der Waals surface area (Å²) in [6.45, 7) is 1.94. The topological polar surface area (TPSA) is 70.2 Å². The molecule has 7 heteroatoms. The second-order valence-corrected chi connectivity index (χ2v) is 7.12. The van der Waals surface area contributed by atoms with Crippen LogP contribution in [0.4, 0.5) is 23.1 Å². The van der Waals surface area contributed by atoms with Crippen molar-refractivity contribution < 1.29 is 4.79 Å². The summed E-state index contributed by atoms with van der Waals surface area (Å²) in [6, 6.07) is 13.3. The number of amides is 1. The standard InChI is InChI=1S/C19H21N5OS/c1-13-11-17(24(2)3)23-19(20-13)22-15-8-6-14(7-9-15)21-18(25)12-16-5-4-10-26-16/h4-11H,12H2,1-3H3,(H,21,25)(H,20,22,23). The summed E-state index contributed by atoms with van der Waals surface area (Å²) in [4.78, 5) is 23.9. The Kier molecular flexibility index (Phi) is 5.48. The van der Waals surface area contributed by atoms with Crippen LogP contribution in [0, 0.1) is 6.92 Å². The minimum absolute atomic E-state index is 0.0224. The third-order valence-electron chi connectivity index (χ3n) is 3.64. The van der Waals surface area contributed by atoms with Gasteiger partial charge in [0.25, 0.3) is 0 Å². The lowest BCUT2D eigenvalue weighted by Gasteiger charge is -2.14. The van der Waals surface area contributed by atoms with E-state index < -0.39 is 0 Å². The van der Waals surface area contributed by atoms with Crippen molar-refractivity contribution >= 4 is 40.4 Å². The van der Waals surface area contributed by atoms with Gasteiger partial charge >= 0.3 is 0 Å². The lowest BCUT2D eigenvalue weighted by molar-refractivity contribution is -0.115. The van der Waals surface area contributed by atoms with Crippen LogP contribution in [0.5, 0.6) is 0 Å². The number of hydrogen-bond acceptors (Lipinski definition) is 6. The van der Waals surface area contributed by atoms with Crippen LogP contribution in [0.25, 0.3) is 0 Å². The van der Waals surface area contributed by atoms with Gasteiger partial charge in [0.15, 0.2) is 0 Å². The van der Waals surface area contributed by atoms with Crippen molar-refractivity contribution in [3.05, 3.63) is 58.4 Å². The Hall–Kier alpha value is -2.93. The van der Waals surface area contributed by atoms with Crippen LogP contribution in [-0.2, 0) is 11.2 Å². The number of carbonyl (C=O) groups excluding carboxylic acids is 1. The van der Waals surface area contributed by atoms with Crippen LogP contribution in [0.3, 0.4) is 0 Å². The monoisotopic (exact) mass is 367 g/mol. The Balaban J connectivity index is 1.63. The first kappa shape index (κ1) is 17.9. The largest absolute Gasteiger partial charge is 0.363 e. The highest BCUT2D eigenvalue weighted by molar-refractivity contribution is 7.10. The summed E-state index contributed by atoms with van der Waals surface area (Å²) >= 11 is 1.58. The molecule has 2 heterocycles. The van der Waals surface area contributed by atoms with E-state index in [2.05, 4.69) is 20.6 Å². The second kappa shape index (κ2) is 7.97. The second-order valence-electron chi connectivity index (χ2n) is 6.09. The van der Waals surface area contributed by atoms with E-state index in [1.165, 1.54) is 0 Å². The molecule has 3 aromatic rings. The maximum atomic E-state index is 12.0. The number of nitrogens with one attached hydrogen (secondary N) is 2. The fourth-order valence-electron chi connectivity index (χ4n) is 2.38. The number of anilines is 4. The number of nitrogens with zero attached hydrogens (tertiary/aromatic N) is 3. The summed E-state index contributed by atoms with van der Waals surface area (Å²) in [6.07, 6.45) is 0.391. The Labute approximate surface area is 156 Å². The number of rotatable bonds is 6. The zero-order valence-electron chi connectivity index (χ0n) is 15.0. The lowest BCUT2D eigenvalue weighted by atomic mass is 10.2. The molecule has 6 nitrogen and oxygen atoms in total. The van der Waals surface area contributed by atoms with E-state index in [4.69, 9.17) is 0 Å². The normalized spacial score (nSPS) is 10.4. The molecule has 0 saturated heterocycles. The van der Waals surface area contributed by atoms with Gasteiger partial charge in [0.1, 0.15) is 5.82 Å². The molecule has 0 atom stereocenters. The first-order valence-electron chi connectivity index (χ1n) is 8.22. The van der Waals surface area contributed by atoms with Gasteiger partial charge in [-0.25, -0.2) is 4.98 Å². The highest BCUT2D eigenvalue weighted by Crippen LogP contribution is 2.19. The third-order valence-corrected chi connectivity index (χ3v) is 4.51. The Morgan fingerprint density at radius 2 is 1.85 bits per heavy atom. The molecule has 134 valence electrons. The van der Waals surface area contributed by atoms with E-state index in [0.29, 0.717) is 12.4 Å². The molecular formula is C19H21N5OS. The maximum absolute atomic E-state index is 12.0. The summed E-state index contributed by atoms with van der Waals surface area (Å²) in [5.41, 5.74) is 2.51. The van der Waals surface area contributed by atoms with Gasteiger partial charge in [-0.05, 0) is 42.6 Å². The average molecular weight is 367 g/mol. The highest BCUT2D eigenvalue weighted by Gasteiger charge is 2.07. The van der Waals surface area contributed by atoms with Crippen LogP contribution in [-0.4, -0.2) is 30.0 Å². The Morgan fingerprint density at radius 1 is 1.12 bits per heavy atom. The zero-order chi connectivity index (χ0) is 18.5. The smallest absolute Gasteiger partial charge is 0.229 e. The molecule has 0 bridgehead atoms. The molecule has 0 radical (unpaired) electrons.